The molecule has 30 heavy (non-hydrogen) atoms. The van der Waals surface area contributed by atoms with Crippen molar-refractivity contribution in [3.63, 3.8) is 0 Å². The molecule has 0 spiro atoms. The normalized spacial score (nSPS) is 13.6. The highest BCUT2D eigenvalue weighted by atomic mass is 19.4. The monoisotopic (exact) mass is 419 g/mol. The highest BCUT2D eigenvalue weighted by Crippen LogP contribution is 2.32. The van der Waals surface area contributed by atoms with Gasteiger partial charge in [0.1, 0.15) is 0 Å². The largest absolute Gasteiger partial charge is 0.861 e. The Kier molecular flexibility index (Phi) is 6.21. The molecule has 0 aliphatic heterocycles. The molecule has 3 rings (SSSR count). The predicted octanol–water partition coefficient (Wildman–Crippen LogP) is 3.28. The van der Waals surface area contributed by atoms with Gasteiger partial charge in [0, 0.05) is 20.3 Å². The lowest BCUT2D eigenvalue weighted by atomic mass is 10.0. The fourth-order valence-electron chi connectivity index (χ4n) is 2.90. The van der Waals surface area contributed by atoms with Gasteiger partial charge in [0.05, 0.1) is 5.56 Å². The predicted molar refractivity (Wildman–Crippen MR) is 99.8 cm³/mol. The van der Waals surface area contributed by atoms with Gasteiger partial charge < -0.3 is 10.2 Å². The van der Waals surface area contributed by atoms with Crippen LogP contribution in [0.25, 0.3) is 0 Å². The molecule has 1 aromatic heterocycles. The number of aromatic nitrogens is 2. The van der Waals surface area contributed by atoms with E-state index in [-0.39, 0.29) is 29.6 Å². The summed E-state index contributed by atoms with van der Waals surface area (Å²) in [4.78, 5) is 3.93. The van der Waals surface area contributed by atoms with E-state index in [9.17, 15) is 23.4 Å². The molecule has 0 saturated heterocycles. The molecule has 1 atom stereocenters. The van der Waals surface area contributed by atoms with Gasteiger partial charge in [-0.15, -0.1) is 0 Å². The van der Waals surface area contributed by atoms with Crippen molar-refractivity contribution in [1.29, 1.82) is 0 Å². The second-order valence-electron chi connectivity index (χ2n) is 6.99. The number of aliphatic imine (C=N–C) groups is 1. The van der Waals surface area contributed by atoms with E-state index < -0.39 is 23.7 Å². The van der Waals surface area contributed by atoms with Crippen LogP contribution in [0.15, 0.2) is 64.1 Å². The molecule has 9 heteroatoms. The van der Waals surface area contributed by atoms with Gasteiger partial charge in [-0.25, -0.2) is 4.99 Å². The van der Waals surface area contributed by atoms with Crippen molar-refractivity contribution >= 4 is 11.8 Å². The van der Waals surface area contributed by atoms with E-state index >= 15 is 0 Å². The zero-order chi connectivity index (χ0) is 21.9. The quantitative estimate of drug-likeness (QED) is 0.378. The van der Waals surface area contributed by atoms with Crippen LogP contribution < -0.4 is 9.79 Å². The molecule has 3 aromatic rings. The zero-order valence-electron chi connectivity index (χ0n) is 16.3. The number of hydrogen-bond acceptors (Lipinski definition) is 5. The Morgan fingerprint density at radius 2 is 1.77 bits per heavy atom. The standard InChI is InChI=1S/C21H20F3N3O3/c1-13(2)27-18(19(29)15-8-10-16(11-9-15)21(22,23)24)20(30-26-27)25-17(28)12-14-6-4-3-5-7-14/h3-11,13,19,29H,12H2,1-2H3. The highest BCUT2D eigenvalue weighted by molar-refractivity contribution is 5.77. The minimum Gasteiger partial charge on any atom is -0.861 e. The van der Waals surface area contributed by atoms with E-state index in [0.717, 1.165) is 17.7 Å². The summed E-state index contributed by atoms with van der Waals surface area (Å²) in [5, 5.41) is 27.0. The van der Waals surface area contributed by atoms with Crippen molar-refractivity contribution < 1.29 is 32.6 Å². The Balaban J connectivity index is 1.95. The maximum absolute atomic E-state index is 12.8. The summed E-state index contributed by atoms with van der Waals surface area (Å²) in [5.74, 6) is -0.689. The number of alkyl halides is 3. The summed E-state index contributed by atoms with van der Waals surface area (Å²) < 4.78 is 44.9. The van der Waals surface area contributed by atoms with Crippen molar-refractivity contribution in [2.24, 2.45) is 4.99 Å². The number of halogens is 3. The minimum atomic E-state index is -4.48. The summed E-state index contributed by atoms with van der Waals surface area (Å²) in [5.41, 5.74) is 0.203. The van der Waals surface area contributed by atoms with E-state index in [4.69, 9.17) is 4.52 Å². The molecule has 0 saturated carbocycles. The van der Waals surface area contributed by atoms with Gasteiger partial charge in [0.15, 0.2) is 12.1 Å². The number of aliphatic hydroxyl groups is 1. The zero-order valence-corrected chi connectivity index (χ0v) is 16.3. The first kappa shape index (κ1) is 21.5. The third-order valence-electron chi connectivity index (χ3n) is 4.41. The molecular weight excluding hydrogens is 399 g/mol. The average molecular weight is 419 g/mol. The second-order valence-corrected chi connectivity index (χ2v) is 6.99. The first-order chi connectivity index (χ1) is 14.2. The van der Waals surface area contributed by atoms with Crippen LogP contribution in [0.2, 0.25) is 0 Å². The number of aliphatic hydroxyl groups excluding tert-OH is 1. The van der Waals surface area contributed by atoms with Crippen molar-refractivity contribution in [1.82, 2.24) is 5.27 Å². The maximum Gasteiger partial charge on any atom is 0.416 e. The van der Waals surface area contributed by atoms with Crippen molar-refractivity contribution in [2.75, 3.05) is 0 Å². The summed E-state index contributed by atoms with van der Waals surface area (Å²) >= 11 is 0. The molecule has 0 fully saturated rings. The van der Waals surface area contributed by atoms with E-state index in [1.807, 2.05) is 6.07 Å². The van der Waals surface area contributed by atoms with E-state index in [1.165, 1.54) is 16.8 Å². The lowest BCUT2D eigenvalue weighted by Crippen LogP contribution is -2.42. The summed E-state index contributed by atoms with van der Waals surface area (Å²) in [6, 6.07) is 12.8. The van der Waals surface area contributed by atoms with Crippen LogP contribution in [-0.2, 0) is 12.6 Å². The van der Waals surface area contributed by atoms with E-state index in [1.54, 1.807) is 38.1 Å². The second kappa shape index (κ2) is 8.66. The molecule has 2 aromatic carbocycles. The molecule has 1 unspecified atom stereocenters. The molecule has 0 radical (unpaired) electrons. The van der Waals surface area contributed by atoms with Crippen LogP contribution in [0.5, 0.6) is 0 Å². The first-order valence-corrected chi connectivity index (χ1v) is 9.22. The van der Waals surface area contributed by atoms with Crippen LogP contribution in [0.3, 0.4) is 0 Å². The van der Waals surface area contributed by atoms with Crippen LogP contribution >= 0.6 is 0 Å². The van der Waals surface area contributed by atoms with Gasteiger partial charge in [-0.05, 0) is 33.8 Å². The number of hydrogen-bond donors (Lipinski definition) is 1. The Morgan fingerprint density at radius 1 is 1.13 bits per heavy atom. The molecule has 1 heterocycles. The van der Waals surface area contributed by atoms with E-state index in [2.05, 4.69) is 10.3 Å². The van der Waals surface area contributed by atoms with Gasteiger partial charge in [0.25, 0.3) is 0 Å². The average Bonchev–Trinajstić information content (AvgIpc) is 3.11. The van der Waals surface area contributed by atoms with Gasteiger partial charge in [-0.2, -0.15) is 13.2 Å². The van der Waals surface area contributed by atoms with Crippen LogP contribution in [0, 0.1) is 0 Å². The number of benzene rings is 2. The van der Waals surface area contributed by atoms with Crippen LogP contribution in [0.1, 0.15) is 48.4 Å². The minimum absolute atomic E-state index is 0.0268. The molecule has 0 aliphatic rings. The van der Waals surface area contributed by atoms with Gasteiger partial charge in [-0.1, -0.05) is 42.5 Å². The highest BCUT2D eigenvalue weighted by Gasteiger charge is 2.35. The number of rotatable bonds is 6. The lowest BCUT2D eigenvalue weighted by molar-refractivity contribution is -0.787. The van der Waals surface area contributed by atoms with Crippen molar-refractivity contribution in [3.05, 3.63) is 77.0 Å². The fraction of sp³-hybridized carbons (Fsp3) is 0.286. The van der Waals surface area contributed by atoms with Crippen molar-refractivity contribution in [3.8, 4) is 0 Å². The Labute approximate surface area is 170 Å². The van der Waals surface area contributed by atoms with Gasteiger partial charge in [-0.3, -0.25) is 4.52 Å². The summed E-state index contributed by atoms with van der Waals surface area (Å²) in [6.07, 6.45) is -5.84. The molecule has 0 amide bonds. The third-order valence-corrected chi connectivity index (χ3v) is 4.41. The SMILES string of the molecule is CC(C)[n+]1noc(/N=C(/[O-])Cc2ccccc2)c1C(O)c1ccc(C(F)(F)F)cc1. The Bertz CT molecular complexity index is 1010. The topological polar surface area (TPSA) is 85.6 Å². The fourth-order valence-corrected chi connectivity index (χ4v) is 2.90. The molecule has 1 N–H and O–H groups in total. The first-order valence-electron chi connectivity index (χ1n) is 9.22. The summed E-state index contributed by atoms with van der Waals surface area (Å²) in [7, 11) is 0. The number of nitrogens with zero attached hydrogens (tertiary/aromatic N) is 3. The van der Waals surface area contributed by atoms with Gasteiger partial charge >= 0.3 is 17.8 Å². The molecule has 0 aliphatic carbocycles. The third kappa shape index (κ3) is 4.85. The summed E-state index contributed by atoms with van der Waals surface area (Å²) in [6.45, 7) is 3.56. The lowest BCUT2D eigenvalue weighted by Gasteiger charge is -2.11. The molecule has 158 valence electrons. The van der Waals surface area contributed by atoms with Crippen molar-refractivity contribution in [2.45, 2.75) is 38.6 Å². The maximum atomic E-state index is 12.8. The Morgan fingerprint density at radius 3 is 2.33 bits per heavy atom. The molecular formula is C21H20F3N3O3. The smallest absolute Gasteiger partial charge is 0.416 e. The van der Waals surface area contributed by atoms with Crippen LogP contribution in [-0.4, -0.2) is 16.3 Å². The molecule has 0 bridgehead atoms. The Hall–Kier alpha value is -3.20. The van der Waals surface area contributed by atoms with Crippen LogP contribution in [0.4, 0.5) is 19.1 Å². The van der Waals surface area contributed by atoms with Gasteiger partial charge in [0.2, 0.25) is 5.27 Å². The van der Waals surface area contributed by atoms with E-state index in [0.29, 0.717) is 0 Å². The molecule has 6 nitrogen and oxygen atoms in total.